The highest BCUT2D eigenvalue weighted by atomic mass is 32.2. The summed E-state index contributed by atoms with van der Waals surface area (Å²) in [6.07, 6.45) is 0. The average Bonchev–Trinajstić information content (AvgIpc) is 2.72. The topological polar surface area (TPSA) is 58.6 Å². The second-order valence-corrected chi connectivity index (χ2v) is 9.35. The highest BCUT2D eigenvalue weighted by molar-refractivity contribution is 7.99. The molecule has 2 aromatic carbocycles. The lowest BCUT2D eigenvalue weighted by Gasteiger charge is -2.31. The van der Waals surface area contributed by atoms with Crippen molar-refractivity contribution in [1.82, 2.24) is 10.2 Å². The molecule has 0 aliphatic carbocycles. The van der Waals surface area contributed by atoms with E-state index in [1.165, 1.54) is 22.7 Å². The summed E-state index contributed by atoms with van der Waals surface area (Å²) < 4.78 is 19.4. The summed E-state index contributed by atoms with van der Waals surface area (Å²) in [5.74, 6) is 0.740. The lowest BCUT2D eigenvalue weighted by atomic mass is 10.1. The first-order valence-electron chi connectivity index (χ1n) is 10.2. The molecular weight excluding hydrogens is 415 g/mol. The van der Waals surface area contributed by atoms with Gasteiger partial charge in [0.2, 0.25) is 11.8 Å². The highest BCUT2D eigenvalue weighted by Gasteiger charge is 2.28. The van der Waals surface area contributed by atoms with E-state index >= 15 is 0 Å². The van der Waals surface area contributed by atoms with Gasteiger partial charge in [0.15, 0.2) is 0 Å². The van der Waals surface area contributed by atoms with Crippen molar-refractivity contribution >= 4 is 23.6 Å². The lowest BCUT2D eigenvalue weighted by Crippen LogP contribution is -2.52. The molecule has 168 valence electrons. The van der Waals surface area contributed by atoms with E-state index in [0.29, 0.717) is 11.3 Å². The number of nitrogens with zero attached hydrogens (tertiary/aromatic N) is 1. The van der Waals surface area contributed by atoms with E-state index in [1.54, 1.807) is 32.2 Å². The monoisotopic (exact) mass is 446 g/mol. The molecule has 0 saturated heterocycles. The number of nitrogens with one attached hydrogen (secondary N) is 1. The predicted octanol–water partition coefficient (Wildman–Crippen LogP) is 4.40. The van der Waals surface area contributed by atoms with Crippen LogP contribution in [0.15, 0.2) is 48.5 Å². The first-order chi connectivity index (χ1) is 14.6. The Hall–Kier alpha value is -2.54. The molecule has 7 heteroatoms. The van der Waals surface area contributed by atoms with Crippen LogP contribution < -0.4 is 10.1 Å². The van der Waals surface area contributed by atoms with E-state index in [4.69, 9.17) is 4.74 Å². The number of ether oxygens (including phenoxy) is 1. The maximum Gasteiger partial charge on any atom is 0.242 e. The molecule has 0 aliphatic heterocycles. The van der Waals surface area contributed by atoms with Crippen LogP contribution in [0.3, 0.4) is 0 Å². The largest absolute Gasteiger partial charge is 0.497 e. The third-order valence-electron chi connectivity index (χ3n) is 4.62. The van der Waals surface area contributed by atoms with Crippen LogP contribution in [-0.2, 0) is 21.9 Å². The van der Waals surface area contributed by atoms with Crippen LogP contribution in [0.5, 0.6) is 5.75 Å². The van der Waals surface area contributed by atoms with Crippen LogP contribution in [0.4, 0.5) is 4.39 Å². The molecule has 0 radical (unpaired) electrons. The zero-order chi connectivity index (χ0) is 23.0. The summed E-state index contributed by atoms with van der Waals surface area (Å²) in [6.45, 7) is 7.35. The smallest absolute Gasteiger partial charge is 0.242 e. The number of methoxy groups -OCH3 is 1. The van der Waals surface area contributed by atoms with Gasteiger partial charge in [-0.05, 0) is 51.5 Å². The third kappa shape index (κ3) is 7.90. The maximum absolute atomic E-state index is 14.2. The standard InChI is InChI=1S/C24H31FN2O3S/c1-17(23(29)26-24(2,3)4)27(14-19-8-6-7-9-21(19)25)22(28)16-31-15-18-10-12-20(30-5)13-11-18/h6-13,17H,14-16H2,1-5H3,(H,26,29). The van der Waals surface area contributed by atoms with Gasteiger partial charge in [-0.2, -0.15) is 0 Å². The van der Waals surface area contributed by atoms with Crippen molar-refractivity contribution in [3.8, 4) is 5.75 Å². The fourth-order valence-electron chi connectivity index (χ4n) is 2.93. The summed E-state index contributed by atoms with van der Waals surface area (Å²) in [5, 5.41) is 2.90. The molecule has 2 amide bonds. The predicted molar refractivity (Wildman–Crippen MR) is 123 cm³/mol. The zero-order valence-electron chi connectivity index (χ0n) is 18.8. The van der Waals surface area contributed by atoms with Crippen LogP contribution >= 0.6 is 11.8 Å². The number of amides is 2. The van der Waals surface area contributed by atoms with E-state index in [-0.39, 0.29) is 24.1 Å². The number of carbonyl (C=O) groups excluding carboxylic acids is 2. The highest BCUT2D eigenvalue weighted by Crippen LogP contribution is 2.19. The van der Waals surface area contributed by atoms with Crippen LogP contribution in [0.1, 0.15) is 38.8 Å². The molecule has 2 rings (SSSR count). The Morgan fingerprint density at radius 1 is 1.13 bits per heavy atom. The van der Waals surface area contributed by atoms with Crippen molar-refractivity contribution in [2.24, 2.45) is 0 Å². The zero-order valence-corrected chi connectivity index (χ0v) is 19.6. The van der Waals surface area contributed by atoms with E-state index < -0.39 is 17.4 Å². The first-order valence-corrected chi connectivity index (χ1v) is 11.3. The summed E-state index contributed by atoms with van der Waals surface area (Å²) in [4.78, 5) is 27.2. The summed E-state index contributed by atoms with van der Waals surface area (Å²) in [6, 6.07) is 13.2. The fraction of sp³-hybridized carbons (Fsp3) is 0.417. The summed E-state index contributed by atoms with van der Waals surface area (Å²) >= 11 is 1.46. The molecule has 0 fully saturated rings. The Kier molecular flexibility index (Phi) is 8.92. The average molecular weight is 447 g/mol. The number of benzene rings is 2. The van der Waals surface area contributed by atoms with Gasteiger partial charge in [0, 0.05) is 23.4 Å². The van der Waals surface area contributed by atoms with Gasteiger partial charge in [0.1, 0.15) is 17.6 Å². The van der Waals surface area contributed by atoms with Gasteiger partial charge in [0.25, 0.3) is 0 Å². The first kappa shape index (κ1) is 24.7. The Morgan fingerprint density at radius 2 is 1.77 bits per heavy atom. The fourth-order valence-corrected chi connectivity index (χ4v) is 3.80. The van der Waals surface area contributed by atoms with Gasteiger partial charge in [-0.3, -0.25) is 9.59 Å². The lowest BCUT2D eigenvalue weighted by molar-refractivity contribution is -0.139. The minimum absolute atomic E-state index is 0.0351. The number of halogens is 1. The maximum atomic E-state index is 14.2. The van der Waals surface area contributed by atoms with Crippen LogP contribution in [0.2, 0.25) is 0 Å². The number of carbonyl (C=O) groups is 2. The van der Waals surface area contributed by atoms with Gasteiger partial charge in [0.05, 0.1) is 12.9 Å². The Morgan fingerprint density at radius 3 is 2.35 bits per heavy atom. The van der Waals surface area contributed by atoms with E-state index in [9.17, 15) is 14.0 Å². The Balaban J connectivity index is 2.09. The minimum atomic E-state index is -0.729. The third-order valence-corrected chi connectivity index (χ3v) is 5.61. The molecule has 1 unspecified atom stereocenters. The molecule has 0 aromatic heterocycles. The van der Waals surface area contributed by atoms with Crippen LogP contribution in [0.25, 0.3) is 0 Å². The number of thioether (sulfide) groups is 1. The van der Waals surface area contributed by atoms with Crippen LogP contribution in [0, 0.1) is 5.82 Å². The van der Waals surface area contributed by atoms with Crippen molar-refractivity contribution in [3.63, 3.8) is 0 Å². The van der Waals surface area contributed by atoms with E-state index in [0.717, 1.165) is 11.3 Å². The summed E-state index contributed by atoms with van der Waals surface area (Å²) in [5.41, 5.74) is 1.02. The van der Waals surface area contributed by atoms with Gasteiger partial charge >= 0.3 is 0 Å². The molecule has 2 aromatic rings. The molecular formula is C24H31FN2O3S. The molecule has 0 bridgehead atoms. The van der Waals surface area contributed by atoms with Crippen molar-refractivity contribution in [2.45, 2.75) is 51.6 Å². The Labute approximate surface area is 188 Å². The molecule has 1 atom stereocenters. The molecule has 0 aliphatic rings. The molecule has 0 heterocycles. The van der Waals surface area contributed by atoms with Gasteiger partial charge in [-0.15, -0.1) is 11.8 Å². The molecule has 0 saturated carbocycles. The van der Waals surface area contributed by atoms with Crippen molar-refractivity contribution < 1.29 is 18.7 Å². The second-order valence-electron chi connectivity index (χ2n) is 8.37. The summed E-state index contributed by atoms with van der Waals surface area (Å²) in [7, 11) is 1.61. The van der Waals surface area contributed by atoms with Gasteiger partial charge in [-0.25, -0.2) is 4.39 Å². The number of rotatable bonds is 9. The quantitative estimate of drug-likeness (QED) is 0.620. The molecule has 5 nitrogen and oxygen atoms in total. The Bertz CT molecular complexity index is 881. The van der Waals surface area contributed by atoms with E-state index in [1.807, 2.05) is 45.0 Å². The van der Waals surface area contributed by atoms with Crippen LogP contribution in [-0.4, -0.2) is 41.2 Å². The van der Waals surface area contributed by atoms with Gasteiger partial charge < -0.3 is 15.0 Å². The van der Waals surface area contributed by atoms with E-state index in [2.05, 4.69) is 5.32 Å². The van der Waals surface area contributed by atoms with Gasteiger partial charge in [-0.1, -0.05) is 30.3 Å². The normalized spacial score (nSPS) is 12.2. The van der Waals surface area contributed by atoms with Crippen molar-refractivity contribution in [2.75, 3.05) is 12.9 Å². The van der Waals surface area contributed by atoms with Crippen molar-refractivity contribution in [3.05, 3.63) is 65.5 Å². The molecule has 31 heavy (non-hydrogen) atoms. The molecule has 1 N–H and O–H groups in total. The second kappa shape index (κ2) is 11.2. The number of hydrogen-bond acceptors (Lipinski definition) is 4. The molecule has 0 spiro atoms. The van der Waals surface area contributed by atoms with Crippen molar-refractivity contribution in [1.29, 1.82) is 0 Å². The SMILES string of the molecule is COc1ccc(CSCC(=O)N(Cc2ccccc2F)C(C)C(=O)NC(C)(C)C)cc1. The number of hydrogen-bond donors (Lipinski definition) is 1. The minimum Gasteiger partial charge on any atom is -0.497 e.